The first-order chi connectivity index (χ1) is 13.0. The minimum absolute atomic E-state index is 0.0193. The third kappa shape index (κ3) is 5.24. The minimum Gasteiger partial charge on any atom is -0.495 e. The van der Waals surface area contributed by atoms with Crippen molar-refractivity contribution in [2.24, 2.45) is 4.99 Å². The molecule has 2 amide bonds. The summed E-state index contributed by atoms with van der Waals surface area (Å²) in [4.78, 5) is 28.3. The van der Waals surface area contributed by atoms with Crippen molar-refractivity contribution in [2.75, 3.05) is 19.0 Å². The number of amides is 2. The van der Waals surface area contributed by atoms with Crippen LogP contribution in [-0.4, -0.2) is 35.8 Å². The topological polar surface area (TPSA) is 77.0 Å². The summed E-state index contributed by atoms with van der Waals surface area (Å²) < 4.78 is 10.7. The van der Waals surface area contributed by atoms with Crippen molar-refractivity contribution in [1.29, 1.82) is 0 Å². The molecule has 1 aliphatic heterocycles. The van der Waals surface area contributed by atoms with Gasteiger partial charge in [0.15, 0.2) is 0 Å². The molecule has 0 fully saturated rings. The number of halogens is 1. The average Bonchev–Trinajstić information content (AvgIpc) is 3.00. The molecule has 0 saturated carbocycles. The van der Waals surface area contributed by atoms with E-state index < -0.39 is 5.25 Å². The third-order valence-corrected chi connectivity index (χ3v) is 5.13. The predicted molar refractivity (Wildman–Crippen MR) is 107 cm³/mol. The fourth-order valence-corrected chi connectivity index (χ4v) is 3.66. The van der Waals surface area contributed by atoms with E-state index in [1.807, 2.05) is 30.3 Å². The van der Waals surface area contributed by atoms with Gasteiger partial charge in [-0.15, -0.1) is 0 Å². The Labute approximate surface area is 165 Å². The van der Waals surface area contributed by atoms with Gasteiger partial charge in [-0.05, 0) is 30.3 Å². The number of nitrogens with zero attached hydrogens (tertiary/aromatic N) is 1. The number of aliphatic imine (C=N–C) groups is 1. The second kappa shape index (κ2) is 8.92. The Hall–Kier alpha value is -2.51. The van der Waals surface area contributed by atoms with Gasteiger partial charge >= 0.3 is 0 Å². The van der Waals surface area contributed by atoms with Gasteiger partial charge in [0.1, 0.15) is 28.4 Å². The molecule has 2 aromatic carbocycles. The number of carbonyl (C=O) groups excluding carboxylic acids is 2. The monoisotopic (exact) mass is 404 g/mol. The molecule has 27 heavy (non-hydrogen) atoms. The van der Waals surface area contributed by atoms with E-state index >= 15 is 0 Å². The van der Waals surface area contributed by atoms with E-state index in [0.717, 1.165) is 0 Å². The van der Waals surface area contributed by atoms with Gasteiger partial charge in [0.25, 0.3) is 5.91 Å². The fourth-order valence-electron chi connectivity index (χ4n) is 2.42. The Kier molecular flexibility index (Phi) is 6.36. The van der Waals surface area contributed by atoms with Gasteiger partial charge < -0.3 is 14.8 Å². The second-order valence-corrected chi connectivity index (χ2v) is 7.34. The molecular formula is C19H17ClN2O4S. The van der Waals surface area contributed by atoms with Crippen LogP contribution in [-0.2, 0) is 9.59 Å². The third-order valence-electron chi connectivity index (χ3n) is 3.70. The van der Waals surface area contributed by atoms with Crippen molar-refractivity contribution >= 4 is 45.9 Å². The molecule has 3 rings (SSSR count). The Balaban J connectivity index is 1.50. The number of hydrogen-bond donors (Lipinski definition) is 1. The maximum absolute atomic E-state index is 12.2. The largest absolute Gasteiger partial charge is 0.495 e. The molecule has 0 radical (unpaired) electrons. The zero-order chi connectivity index (χ0) is 19.2. The standard InChI is InChI=1S/C19H17ClN2O4S/c1-25-15-8-7-12(9-14(15)20)21-17(23)10-16-19(24)22-18(27-16)11-26-13-5-3-2-4-6-13/h2-9,16H,10-11H2,1H3,(H,21,23)/t16-/m1/s1. The highest BCUT2D eigenvalue weighted by Gasteiger charge is 2.30. The van der Waals surface area contributed by atoms with Crippen LogP contribution in [0.4, 0.5) is 5.69 Å². The Morgan fingerprint density at radius 2 is 2.04 bits per heavy atom. The maximum Gasteiger partial charge on any atom is 0.260 e. The van der Waals surface area contributed by atoms with Gasteiger partial charge in [-0.25, -0.2) is 4.99 Å². The SMILES string of the molecule is COc1ccc(NC(=O)C[C@H]2SC(COc3ccccc3)=NC2=O)cc1Cl. The molecule has 0 saturated heterocycles. The molecule has 8 heteroatoms. The quantitative estimate of drug-likeness (QED) is 0.759. The molecule has 0 aliphatic carbocycles. The number of anilines is 1. The lowest BCUT2D eigenvalue weighted by Gasteiger charge is -2.10. The van der Waals surface area contributed by atoms with Crippen LogP contribution < -0.4 is 14.8 Å². The predicted octanol–water partition coefficient (Wildman–Crippen LogP) is 3.80. The molecule has 140 valence electrons. The van der Waals surface area contributed by atoms with Gasteiger partial charge in [0.2, 0.25) is 5.91 Å². The van der Waals surface area contributed by atoms with Crippen LogP contribution in [0, 0.1) is 0 Å². The number of thioether (sulfide) groups is 1. The Bertz CT molecular complexity index is 873. The van der Waals surface area contributed by atoms with Gasteiger partial charge in [0.05, 0.1) is 12.1 Å². The first-order valence-electron chi connectivity index (χ1n) is 8.14. The van der Waals surface area contributed by atoms with Crippen LogP contribution in [0.25, 0.3) is 0 Å². The highest BCUT2D eigenvalue weighted by atomic mass is 35.5. The molecule has 0 unspecified atom stereocenters. The number of rotatable bonds is 7. The summed E-state index contributed by atoms with van der Waals surface area (Å²) in [6.07, 6.45) is 0.0193. The minimum atomic E-state index is -0.548. The molecule has 0 spiro atoms. The normalized spacial score (nSPS) is 16.0. The number of para-hydroxylation sites is 1. The summed E-state index contributed by atoms with van der Waals surface area (Å²) in [6, 6.07) is 14.2. The highest BCUT2D eigenvalue weighted by molar-refractivity contribution is 8.15. The van der Waals surface area contributed by atoms with Crippen molar-refractivity contribution < 1.29 is 19.1 Å². The molecule has 1 heterocycles. The van der Waals surface area contributed by atoms with Gasteiger partial charge in [-0.2, -0.15) is 0 Å². The number of hydrogen-bond acceptors (Lipinski definition) is 5. The summed E-state index contributed by atoms with van der Waals surface area (Å²) >= 11 is 7.30. The second-order valence-electron chi connectivity index (χ2n) is 5.65. The van der Waals surface area contributed by atoms with Crippen molar-refractivity contribution in [3.05, 3.63) is 53.6 Å². The molecule has 2 aromatic rings. The number of ether oxygens (including phenoxy) is 2. The fraction of sp³-hybridized carbons (Fsp3) is 0.211. The zero-order valence-corrected chi connectivity index (χ0v) is 16.0. The highest BCUT2D eigenvalue weighted by Crippen LogP contribution is 2.29. The number of nitrogens with one attached hydrogen (secondary N) is 1. The number of methoxy groups -OCH3 is 1. The van der Waals surface area contributed by atoms with Crippen LogP contribution in [0.1, 0.15) is 6.42 Å². The number of carbonyl (C=O) groups is 2. The summed E-state index contributed by atoms with van der Waals surface area (Å²) in [5.74, 6) is 0.607. The van der Waals surface area contributed by atoms with E-state index in [-0.39, 0.29) is 24.8 Å². The molecular weight excluding hydrogens is 388 g/mol. The number of benzene rings is 2. The summed E-state index contributed by atoms with van der Waals surface area (Å²) in [7, 11) is 1.52. The van der Waals surface area contributed by atoms with Gasteiger partial charge in [-0.3, -0.25) is 9.59 Å². The molecule has 6 nitrogen and oxygen atoms in total. The van der Waals surface area contributed by atoms with Crippen molar-refractivity contribution in [3.8, 4) is 11.5 Å². The molecule has 1 atom stereocenters. The van der Waals surface area contributed by atoms with Gasteiger partial charge in [-0.1, -0.05) is 41.6 Å². The van der Waals surface area contributed by atoms with Crippen LogP contribution in [0.15, 0.2) is 53.5 Å². The lowest BCUT2D eigenvalue weighted by Crippen LogP contribution is -2.21. The summed E-state index contributed by atoms with van der Waals surface area (Å²) in [5.41, 5.74) is 0.537. The average molecular weight is 405 g/mol. The van der Waals surface area contributed by atoms with E-state index in [1.54, 1.807) is 18.2 Å². The van der Waals surface area contributed by atoms with Crippen LogP contribution in [0.3, 0.4) is 0 Å². The molecule has 0 aromatic heterocycles. The molecule has 0 bridgehead atoms. The maximum atomic E-state index is 12.2. The van der Waals surface area contributed by atoms with Crippen LogP contribution >= 0.6 is 23.4 Å². The molecule has 1 N–H and O–H groups in total. The van der Waals surface area contributed by atoms with E-state index in [0.29, 0.717) is 27.3 Å². The van der Waals surface area contributed by atoms with E-state index in [2.05, 4.69) is 10.3 Å². The van der Waals surface area contributed by atoms with Crippen molar-refractivity contribution in [2.45, 2.75) is 11.7 Å². The van der Waals surface area contributed by atoms with Crippen molar-refractivity contribution in [3.63, 3.8) is 0 Å². The van der Waals surface area contributed by atoms with Crippen LogP contribution in [0.2, 0.25) is 5.02 Å². The first-order valence-corrected chi connectivity index (χ1v) is 9.40. The van der Waals surface area contributed by atoms with E-state index in [1.165, 1.54) is 18.9 Å². The Morgan fingerprint density at radius 1 is 1.26 bits per heavy atom. The summed E-state index contributed by atoms with van der Waals surface area (Å²) in [5, 5.41) is 3.14. The smallest absolute Gasteiger partial charge is 0.260 e. The van der Waals surface area contributed by atoms with Crippen LogP contribution in [0.5, 0.6) is 11.5 Å². The molecule has 1 aliphatic rings. The first kappa shape index (κ1) is 19.3. The summed E-state index contributed by atoms with van der Waals surface area (Å²) in [6.45, 7) is 0.201. The van der Waals surface area contributed by atoms with Crippen molar-refractivity contribution in [1.82, 2.24) is 0 Å². The van der Waals surface area contributed by atoms with E-state index in [9.17, 15) is 9.59 Å². The lowest BCUT2D eigenvalue weighted by molar-refractivity contribution is -0.121. The van der Waals surface area contributed by atoms with E-state index in [4.69, 9.17) is 21.1 Å². The van der Waals surface area contributed by atoms with Gasteiger partial charge in [0, 0.05) is 12.1 Å². The Morgan fingerprint density at radius 3 is 2.74 bits per heavy atom. The zero-order valence-electron chi connectivity index (χ0n) is 14.5. The lowest BCUT2D eigenvalue weighted by atomic mass is 10.2.